The molecule has 114 valence electrons. The van der Waals surface area contributed by atoms with E-state index in [0.717, 1.165) is 11.4 Å². The van der Waals surface area contributed by atoms with E-state index >= 15 is 0 Å². The lowest BCUT2D eigenvalue weighted by Gasteiger charge is -2.12. The summed E-state index contributed by atoms with van der Waals surface area (Å²) >= 11 is 9.24. The summed E-state index contributed by atoms with van der Waals surface area (Å²) in [6.45, 7) is 2.15. The Labute approximate surface area is 142 Å². The molecule has 0 saturated carbocycles. The van der Waals surface area contributed by atoms with Crippen LogP contribution >= 0.6 is 34.7 Å². The highest BCUT2D eigenvalue weighted by Crippen LogP contribution is 2.37. The van der Waals surface area contributed by atoms with E-state index in [1.807, 2.05) is 30.3 Å². The predicted octanol–water partition coefficient (Wildman–Crippen LogP) is 5.62. The molecule has 0 spiro atoms. The number of benzene rings is 1. The number of hydrogen-bond acceptors (Lipinski definition) is 5. The van der Waals surface area contributed by atoms with Gasteiger partial charge >= 0.3 is 0 Å². The molecule has 0 amide bonds. The van der Waals surface area contributed by atoms with Gasteiger partial charge in [0.1, 0.15) is 0 Å². The SMILES string of the molecule is CCC(Sc1nnc(Cc2cccs2)o1)c1ccc(Cl)cc1. The first-order valence-electron chi connectivity index (χ1n) is 7.01. The minimum Gasteiger partial charge on any atom is -0.416 e. The first kappa shape index (κ1) is 15.6. The van der Waals surface area contributed by atoms with Crippen molar-refractivity contribution >= 4 is 34.7 Å². The van der Waals surface area contributed by atoms with Crippen LogP contribution in [-0.2, 0) is 6.42 Å². The summed E-state index contributed by atoms with van der Waals surface area (Å²) in [6, 6.07) is 12.0. The Morgan fingerprint density at radius 1 is 1.23 bits per heavy atom. The molecule has 0 radical (unpaired) electrons. The highest BCUT2D eigenvalue weighted by molar-refractivity contribution is 7.99. The van der Waals surface area contributed by atoms with Gasteiger partial charge in [-0.05, 0) is 35.6 Å². The average Bonchev–Trinajstić information content (AvgIpc) is 3.18. The van der Waals surface area contributed by atoms with Gasteiger partial charge in [-0.3, -0.25) is 0 Å². The molecule has 0 saturated heterocycles. The number of halogens is 1. The molecule has 0 aliphatic rings. The fourth-order valence-corrected chi connectivity index (χ4v) is 3.86. The molecule has 3 nitrogen and oxygen atoms in total. The minimum atomic E-state index is 0.285. The molecular formula is C16H15ClN2OS2. The standard InChI is InChI=1S/C16H15ClN2OS2/c1-2-14(11-5-7-12(17)8-6-11)22-16-19-18-15(20-16)10-13-4-3-9-21-13/h3-9,14H,2,10H2,1H3. The van der Waals surface area contributed by atoms with E-state index in [2.05, 4.69) is 28.6 Å². The number of rotatable bonds is 6. The van der Waals surface area contributed by atoms with E-state index in [1.165, 1.54) is 10.4 Å². The summed E-state index contributed by atoms with van der Waals surface area (Å²) in [5, 5.41) is 12.0. The summed E-state index contributed by atoms with van der Waals surface area (Å²) < 4.78 is 5.76. The van der Waals surface area contributed by atoms with Gasteiger partial charge in [0.2, 0.25) is 5.89 Å². The number of hydrogen-bond donors (Lipinski definition) is 0. The van der Waals surface area contributed by atoms with E-state index in [0.29, 0.717) is 17.5 Å². The largest absolute Gasteiger partial charge is 0.416 e. The Hall–Kier alpha value is -1.30. The van der Waals surface area contributed by atoms with Gasteiger partial charge in [0.05, 0.1) is 6.42 Å². The highest BCUT2D eigenvalue weighted by Gasteiger charge is 2.16. The molecule has 0 aliphatic heterocycles. The molecule has 22 heavy (non-hydrogen) atoms. The van der Waals surface area contributed by atoms with Crippen LogP contribution in [0.15, 0.2) is 51.4 Å². The fraction of sp³-hybridized carbons (Fsp3) is 0.250. The second-order valence-electron chi connectivity index (χ2n) is 4.78. The van der Waals surface area contributed by atoms with Gasteiger partial charge in [0.15, 0.2) is 0 Å². The van der Waals surface area contributed by atoms with Gasteiger partial charge in [-0.1, -0.05) is 48.5 Å². The van der Waals surface area contributed by atoms with Crippen LogP contribution in [-0.4, -0.2) is 10.2 Å². The smallest absolute Gasteiger partial charge is 0.277 e. The predicted molar refractivity (Wildman–Crippen MR) is 91.8 cm³/mol. The topological polar surface area (TPSA) is 38.9 Å². The molecular weight excluding hydrogens is 336 g/mol. The van der Waals surface area contributed by atoms with E-state index in [4.69, 9.17) is 16.0 Å². The van der Waals surface area contributed by atoms with E-state index < -0.39 is 0 Å². The molecule has 1 aromatic carbocycles. The lowest BCUT2D eigenvalue weighted by atomic mass is 10.1. The third-order valence-corrected chi connectivity index (χ3v) is 5.59. The second-order valence-corrected chi connectivity index (χ2v) is 7.41. The molecule has 1 atom stereocenters. The Balaban J connectivity index is 1.68. The maximum atomic E-state index is 5.94. The van der Waals surface area contributed by atoms with Gasteiger partial charge in [-0.15, -0.1) is 21.5 Å². The third kappa shape index (κ3) is 3.91. The van der Waals surface area contributed by atoms with Gasteiger partial charge in [0, 0.05) is 15.1 Å². The Morgan fingerprint density at radius 3 is 2.73 bits per heavy atom. The quantitative estimate of drug-likeness (QED) is 0.541. The van der Waals surface area contributed by atoms with Gasteiger partial charge in [0.25, 0.3) is 5.22 Å². The number of thioether (sulfide) groups is 1. The van der Waals surface area contributed by atoms with Crippen molar-refractivity contribution in [3.05, 3.63) is 63.1 Å². The Bertz CT molecular complexity index is 710. The van der Waals surface area contributed by atoms with Crippen LogP contribution in [0.5, 0.6) is 0 Å². The summed E-state index contributed by atoms with van der Waals surface area (Å²) in [5.41, 5.74) is 1.22. The van der Waals surface area contributed by atoms with Crippen LogP contribution in [0.2, 0.25) is 5.02 Å². The van der Waals surface area contributed by atoms with Crippen molar-refractivity contribution in [1.29, 1.82) is 0 Å². The molecule has 2 aromatic heterocycles. The molecule has 0 bridgehead atoms. The lowest BCUT2D eigenvalue weighted by Crippen LogP contribution is -1.92. The normalized spacial score (nSPS) is 12.5. The zero-order valence-electron chi connectivity index (χ0n) is 12.0. The molecule has 0 aliphatic carbocycles. The van der Waals surface area contributed by atoms with Crippen LogP contribution in [0.1, 0.15) is 34.9 Å². The minimum absolute atomic E-state index is 0.285. The fourth-order valence-electron chi connectivity index (χ4n) is 2.11. The first-order chi connectivity index (χ1) is 10.7. The van der Waals surface area contributed by atoms with E-state index in [1.54, 1.807) is 23.1 Å². The van der Waals surface area contributed by atoms with Crippen molar-refractivity contribution in [3.8, 4) is 0 Å². The lowest BCUT2D eigenvalue weighted by molar-refractivity contribution is 0.420. The third-order valence-electron chi connectivity index (χ3n) is 3.21. The van der Waals surface area contributed by atoms with E-state index in [-0.39, 0.29) is 5.25 Å². The maximum absolute atomic E-state index is 5.94. The molecule has 3 aromatic rings. The Kier molecular flexibility index (Phi) is 5.18. The zero-order chi connectivity index (χ0) is 15.4. The van der Waals surface area contributed by atoms with Gasteiger partial charge in [-0.25, -0.2) is 0 Å². The monoisotopic (exact) mass is 350 g/mol. The molecule has 2 heterocycles. The van der Waals surface area contributed by atoms with Crippen LogP contribution in [0.25, 0.3) is 0 Å². The first-order valence-corrected chi connectivity index (χ1v) is 9.15. The molecule has 0 fully saturated rings. The number of aromatic nitrogens is 2. The summed E-state index contributed by atoms with van der Waals surface area (Å²) in [5.74, 6) is 0.663. The van der Waals surface area contributed by atoms with Crippen LogP contribution in [0.4, 0.5) is 0 Å². The Morgan fingerprint density at radius 2 is 2.05 bits per heavy atom. The van der Waals surface area contributed by atoms with Gasteiger partial charge in [-0.2, -0.15) is 0 Å². The summed E-state index contributed by atoms with van der Waals surface area (Å²) in [6.07, 6.45) is 1.68. The number of thiophene rings is 1. The molecule has 0 N–H and O–H groups in total. The average molecular weight is 351 g/mol. The van der Waals surface area contributed by atoms with Crippen molar-refractivity contribution < 1.29 is 4.42 Å². The number of nitrogens with zero attached hydrogens (tertiary/aromatic N) is 2. The van der Waals surface area contributed by atoms with Crippen molar-refractivity contribution in [2.24, 2.45) is 0 Å². The maximum Gasteiger partial charge on any atom is 0.277 e. The van der Waals surface area contributed by atoms with Crippen molar-refractivity contribution in [2.45, 2.75) is 30.2 Å². The highest BCUT2D eigenvalue weighted by atomic mass is 35.5. The van der Waals surface area contributed by atoms with Crippen LogP contribution < -0.4 is 0 Å². The van der Waals surface area contributed by atoms with E-state index in [9.17, 15) is 0 Å². The summed E-state index contributed by atoms with van der Waals surface area (Å²) in [4.78, 5) is 1.23. The van der Waals surface area contributed by atoms with Crippen molar-refractivity contribution in [2.75, 3.05) is 0 Å². The molecule has 6 heteroatoms. The summed E-state index contributed by atoms with van der Waals surface area (Å²) in [7, 11) is 0. The van der Waals surface area contributed by atoms with Crippen molar-refractivity contribution in [1.82, 2.24) is 10.2 Å². The van der Waals surface area contributed by atoms with Crippen LogP contribution in [0.3, 0.4) is 0 Å². The van der Waals surface area contributed by atoms with Crippen LogP contribution in [0, 0.1) is 0 Å². The zero-order valence-corrected chi connectivity index (χ0v) is 14.4. The van der Waals surface area contributed by atoms with Crippen molar-refractivity contribution in [3.63, 3.8) is 0 Å². The second kappa shape index (κ2) is 7.31. The molecule has 1 unspecified atom stereocenters. The molecule has 3 rings (SSSR count). The van der Waals surface area contributed by atoms with Gasteiger partial charge < -0.3 is 4.42 Å².